The molecule has 0 aliphatic heterocycles. The van der Waals surface area contributed by atoms with Gasteiger partial charge in [0.05, 0.1) is 23.9 Å². The van der Waals surface area contributed by atoms with Crippen LogP contribution < -0.4 is 4.74 Å². The summed E-state index contributed by atoms with van der Waals surface area (Å²) in [6.45, 7) is 0. The van der Waals surface area contributed by atoms with E-state index in [1.807, 2.05) is 36.6 Å². The predicted octanol–water partition coefficient (Wildman–Crippen LogP) is 4.90. The summed E-state index contributed by atoms with van der Waals surface area (Å²) in [6, 6.07) is 16.2. The molecule has 4 aromatic rings. The molecule has 8 heteroatoms. The molecule has 2 aromatic carbocycles. The van der Waals surface area contributed by atoms with Crippen LogP contribution in [0.4, 0.5) is 0 Å². The summed E-state index contributed by atoms with van der Waals surface area (Å²) in [4.78, 5) is 4.84. The van der Waals surface area contributed by atoms with E-state index in [-0.39, 0.29) is 0 Å². The van der Waals surface area contributed by atoms with E-state index in [2.05, 4.69) is 33.0 Å². The van der Waals surface area contributed by atoms with Crippen molar-refractivity contribution < 1.29 is 4.74 Å². The van der Waals surface area contributed by atoms with Crippen molar-refractivity contribution in [1.29, 1.82) is 0 Å². The Bertz CT molecular complexity index is 1030. The van der Waals surface area contributed by atoms with Gasteiger partial charge in [-0.3, -0.25) is 4.57 Å². The van der Waals surface area contributed by atoms with Gasteiger partial charge in [-0.2, -0.15) is 0 Å². The molecule has 2 heterocycles. The average molecular weight is 401 g/mol. The Labute approximate surface area is 163 Å². The van der Waals surface area contributed by atoms with Gasteiger partial charge < -0.3 is 4.74 Å². The predicted molar refractivity (Wildman–Crippen MR) is 109 cm³/mol. The van der Waals surface area contributed by atoms with Gasteiger partial charge in [0.15, 0.2) is 8.68 Å². The lowest BCUT2D eigenvalue weighted by molar-refractivity contribution is 0.414. The molecule has 0 radical (unpaired) electrons. The van der Waals surface area contributed by atoms with Crippen LogP contribution in [0.3, 0.4) is 0 Å². The zero-order valence-corrected chi connectivity index (χ0v) is 16.7. The number of ether oxygens (including phenoxy) is 1. The number of thioether (sulfide) groups is 2. The molecule has 0 aliphatic carbocycles. The highest BCUT2D eigenvalue weighted by Crippen LogP contribution is 2.31. The van der Waals surface area contributed by atoms with E-state index in [1.165, 1.54) is 0 Å². The molecular weight excluding hydrogens is 384 g/mol. The van der Waals surface area contributed by atoms with Gasteiger partial charge in [0.1, 0.15) is 11.6 Å². The molecule has 0 saturated carbocycles. The molecule has 26 heavy (non-hydrogen) atoms. The molecule has 0 amide bonds. The molecule has 0 atom stereocenters. The Morgan fingerprint density at radius 2 is 1.81 bits per heavy atom. The van der Waals surface area contributed by atoms with Gasteiger partial charge in [-0.05, 0) is 42.7 Å². The molecule has 4 rings (SSSR count). The maximum atomic E-state index is 5.28. The monoisotopic (exact) mass is 400 g/mol. The number of aromatic nitrogens is 4. The van der Waals surface area contributed by atoms with Crippen LogP contribution in [0, 0.1) is 0 Å². The molecule has 5 nitrogen and oxygen atoms in total. The van der Waals surface area contributed by atoms with E-state index in [9.17, 15) is 0 Å². The Morgan fingerprint density at radius 3 is 2.54 bits per heavy atom. The second kappa shape index (κ2) is 7.69. The van der Waals surface area contributed by atoms with Gasteiger partial charge in [0, 0.05) is 5.69 Å². The molecule has 0 saturated heterocycles. The maximum Gasteiger partial charge on any atom is 0.175 e. The summed E-state index contributed by atoms with van der Waals surface area (Å²) in [6.07, 6.45) is 2.01. The third-order valence-corrected chi connectivity index (χ3v) is 6.88. The SMILES string of the molecule is COc1ccc(-n2c(CSc3nnc(SC)s3)nc3ccccc32)cc1. The third kappa shape index (κ3) is 3.44. The smallest absolute Gasteiger partial charge is 0.175 e. The molecule has 0 bridgehead atoms. The second-order valence-corrected chi connectivity index (χ2v) is 8.63. The average Bonchev–Trinajstić information content (AvgIpc) is 3.30. The number of methoxy groups -OCH3 is 1. The summed E-state index contributed by atoms with van der Waals surface area (Å²) in [5.74, 6) is 2.55. The zero-order valence-electron chi connectivity index (χ0n) is 14.2. The summed E-state index contributed by atoms with van der Waals surface area (Å²) in [7, 11) is 1.68. The van der Waals surface area contributed by atoms with Crippen molar-refractivity contribution in [2.45, 2.75) is 14.4 Å². The summed E-state index contributed by atoms with van der Waals surface area (Å²) in [5.41, 5.74) is 3.15. The number of benzene rings is 2. The van der Waals surface area contributed by atoms with Crippen molar-refractivity contribution >= 4 is 45.9 Å². The lowest BCUT2D eigenvalue weighted by atomic mass is 10.2. The van der Waals surface area contributed by atoms with Crippen LogP contribution in [-0.2, 0) is 5.75 Å². The van der Waals surface area contributed by atoms with E-state index in [0.29, 0.717) is 0 Å². The molecule has 0 aliphatic rings. The first-order valence-electron chi connectivity index (χ1n) is 7.89. The fourth-order valence-electron chi connectivity index (χ4n) is 2.66. The van der Waals surface area contributed by atoms with Crippen LogP contribution in [0.2, 0.25) is 0 Å². The van der Waals surface area contributed by atoms with Crippen molar-refractivity contribution in [3.05, 3.63) is 54.4 Å². The van der Waals surface area contributed by atoms with Gasteiger partial charge >= 0.3 is 0 Å². The number of hydrogen-bond donors (Lipinski definition) is 0. The summed E-state index contributed by atoms with van der Waals surface area (Å²) in [5, 5.41) is 8.40. The highest BCUT2D eigenvalue weighted by Gasteiger charge is 2.14. The molecule has 132 valence electrons. The number of hydrogen-bond acceptors (Lipinski definition) is 7. The Morgan fingerprint density at radius 1 is 1.04 bits per heavy atom. The van der Waals surface area contributed by atoms with Crippen LogP contribution in [0.25, 0.3) is 16.7 Å². The van der Waals surface area contributed by atoms with Crippen molar-refractivity contribution in [1.82, 2.24) is 19.7 Å². The number of para-hydroxylation sites is 2. The number of rotatable bonds is 6. The maximum absolute atomic E-state index is 5.28. The lowest BCUT2D eigenvalue weighted by Crippen LogP contribution is -2.00. The Balaban J connectivity index is 1.70. The van der Waals surface area contributed by atoms with Crippen molar-refractivity contribution in [3.63, 3.8) is 0 Å². The molecule has 0 fully saturated rings. The van der Waals surface area contributed by atoms with Gasteiger partial charge in [-0.1, -0.05) is 47.0 Å². The van der Waals surface area contributed by atoms with E-state index < -0.39 is 0 Å². The molecule has 2 aromatic heterocycles. The molecular formula is C18H16N4OS3. The standard InChI is InChI=1S/C18H16N4OS3/c1-23-13-9-7-12(8-10-13)22-15-6-4-3-5-14(15)19-16(22)11-25-18-21-20-17(24-2)26-18/h3-10H,11H2,1-2H3. The van der Waals surface area contributed by atoms with E-state index in [4.69, 9.17) is 9.72 Å². The quantitative estimate of drug-likeness (QED) is 0.429. The Kier molecular flexibility index (Phi) is 5.14. The van der Waals surface area contributed by atoms with Crippen LogP contribution in [0.1, 0.15) is 5.82 Å². The number of fused-ring (bicyclic) bond motifs is 1. The van der Waals surface area contributed by atoms with Crippen molar-refractivity contribution in [2.75, 3.05) is 13.4 Å². The summed E-state index contributed by atoms with van der Waals surface area (Å²) >= 11 is 4.90. The van der Waals surface area contributed by atoms with Crippen LogP contribution in [0.5, 0.6) is 5.75 Å². The first-order chi connectivity index (χ1) is 12.8. The van der Waals surface area contributed by atoms with Crippen LogP contribution in [-0.4, -0.2) is 33.1 Å². The van der Waals surface area contributed by atoms with Crippen molar-refractivity contribution in [2.24, 2.45) is 0 Å². The van der Waals surface area contributed by atoms with E-state index in [1.54, 1.807) is 42.0 Å². The lowest BCUT2D eigenvalue weighted by Gasteiger charge is -2.09. The number of imidazole rings is 1. The van der Waals surface area contributed by atoms with Gasteiger partial charge in [-0.25, -0.2) is 4.98 Å². The second-order valence-electron chi connectivity index (χ2n) is 5.38. The topological polar surface area (TPSA) is 52.8 Å². The number of nitrogens with zero attached hydrogens (tertiary/aromatic N) is 4. The zero-order chi connectivity index (χ0) is 17.9. The molecule has 0 N–H and O–H groups in total. The fourth-order valence-corrected chi connectivity index (χ4v) is 5.01. The van der Waals surface area contributed by atoms with Crippen molar-refractivity contribution in [3.8, 4) is 11.4 Å². The van der Waals surface area contributed by atoms with Gasteiger partial charge in [0.25, 0.3) is 0 Å². The molecule has 0 unspecified atom stereocenters. The van der Waals surface area contributed by atoms with Gasteiger partial charge in [-0.15, -0.1) is 10.2 Å². The fraction of sp³-hybridized carbons (Fsp3) is 0.167. The van der Waals surface area contributed by atoms with E-state index >= 15 is 0 Å². The largest absolute Gasteiger partial charge is 0.497 e. The first kappa shape index (κ1) is 17.4. The van der Waals surface area contributed by atoms with E-state index in [0.717, 1.165) is 42.7 Å². The van der Waals surface area contributed by atoms with Gasteiger partial charge in [0.2, 0.25) is 0 Å². The first-order valence-corrected chi connectivity index (χ1v) is 10.9. The molecule has 0 spiro atoms. The normalized spacial score (nSPS) is 11.2. The third-order valence-electron chi connectivity index (χ3n) is 3.85. The summed E-state index contributed by atoms with van der Waals surface area (Å²) < 4.78 is 9.41. The van der Waals surface area contributed by atoms with Crippen LogP contribution >= 0.6 is 34.9 Å². The highest BCUT2D eigenvalue weighted by molar-refractivity contribution is 8.02. The minimum Gasteiger partial charge on any atom is -0.497 e. The van der Waals surface area contributed by atoms with Crippen LogP contribution in [0.15, 0.2) is 57.2 Å². The Hall–Kier alpha value is -2.03. The minimum absolute atomic E-state index is 0.726. The highest BCUT2D eigenvalue weighted by atomic mass is 32.2. The minimum atomic E-state index is 0.726.